The summed E-state index contributed by atoms with van der Waals surface area (Å²) < 4.78 is 4.46. The van der Waals surface area contributed by atoms with E-state index in [9.17, 15) is 9.59 Å². The predicted octanol–water partition coefficient (Wildman–Crippen LogP) is 0.0442. The normalized spacial score (nSPS) is 8.91. The lowest BCUT2D eigenvalue weighted by atomic mass is 10.4. The summed E-state index contributed by atoms with van der Waals surface area (Å²) >= 11 is 0. The fourth-order valence-corrected chi connectivity index (χ4v) is 0.452. The van der Waals surface area contributed by atoms with Gasteiger partial charge in [-0.25, -0.2) is 4.79 Å². The highest BCUT2D eigenvalue weighted by molar-refractivity contribution is 5.90. The van der Waals surface area contributed by atoms with Crippen molar-refractivity contribution in [2.75, 3.05) is 13.7 Å². The first-order chi connectivity index (χ1) is 5.20. The molecule has 0 aliphatic rings. The molecule has 0 atom stereocenters. The second kappa shape index (κ2) is 5.67. The Bertz CT molecular complexity index is 126. The number of esters is 1. The van der Waals surface area contributed by atoms with Crippen LogP contribution in [0.25, 0.3) is 0 Å². The third-order valence-corrected chi connectivity index (χ3v) is 0.770. The van der Waals surface area contributed by atoms with E-state index in [1.54, 1.807) is 6.92 Å². The molecule has 0 spiro atoms. The van der Waals surface area contributed by atoms with E-state index in [2.05, 4.69) is 14.5 Å². The van der Waals surface area contributed by atoms with Crippen molar-refractivity contribution in [3.8, 4) is 0 Å². The highest BCUT2D eigenvalue weighted by Crippen LogP contribution is 1.89. The predicted molar refractivity (Wildman–Crippen MR) is 34.4 cm³/mol. The van der Waals surface area contributed by atoms with Crippen LogP contribution in [0.1, 0.15) is 13.3 Å². The summed E-state index contributed by atoms with van der Waals surface area (Å²) in [5.41, 5.74) is 0. The van der Waals surface area contributed by atoms with Crippen LogP contribution >= 0.6 is 0 Å². The van der Waals surface area contributed by atoms with Gasteiger partial charge in [0, 0.05) is 0 Å². The van der Waals surface area contributed by atoms with E-state index in [0.29, 0.717) is 0 Å². The van der Waals surface area contributed by atoms with E-state index in [0.717, 1.165) is 0 Å². The molecule has 0 saturated heterocycles. The Hall–Kier alpha value is -1.10. The molecule has 0 saturated carbocycles. The van der Waals surface area contributed by atoms with Gasteiger partial charge in [-0.3, -0.25) is 9.68 Å². The lowest BCUT2D eigenvalue weighted by Gasteiger charge is -1.99. The maximum absolute atomic E-state index is 10.5. The summed E-state index contributed by atoms with van der Waals surface area (Å²) in [5.74, 6) is -1.37. The lowest BCUT2D eigenvalue weighted by molar-refractivity contribution is -0.255. The number of hydrogen-bond donors (Lipinski definition) is 0. The second-order valence-electron chi connectivity index (χ2n) is 1.60. The van der Waals surface area contributed by atoms with E-state index in [1.165, 1.54) is 7.11 Å². The van der Waals surface area contributed by atoms with Crippen molar-refractivity contribution in [1.82, 2.24) is 0 Å². The quantitative estimate of drug-likeness (QED) is 0.253. The van der Waals surface area contributed by atoms with Gasteiger partial charge in [0.05, 0.1) is 13.7 Å². The topological polar surface area (TPSA) is 61.8 Å². The largest absolute Gasteiger partial charge is 0.466 e. The lowest BCUT2D eigenvalue weighted by Crippen LogP contribution is -2.13. The van der Waals surface area contributed by atoms with Crippen LogP contribution in [0.15, 0.2) is 0 Å². The zero-order valence-corrected chi connectivity index (χ0v) is 6.46. The molecule has 0 unspecified atom stereocenters. The van der Waals surface area contributed by atoms with Crippen LogP contribution in [-0.4, -0.2) is 25.7 Å². The molecule has 0 rings (SSSR count). The average Bonchev–Trinajstić information content (AvgIpc) is 1.87. The molecule has 0 aromatic carbocycles. The second-order valence-corrected chi connectivity index (χ2v) is 1.60. The van der Waals surface area contributed by atoms with Crippen molar-refractivity contribution in [2.24, 2.45) is 0 Å². The fourth-order valence-electron chi connectivity index (χ4n) is 0.452. The van der Waals surface area contributed by atoms with Crippen molar-refractivity contribution < 1.29 is 24.1 Å². The van der Waals surface area contributed by atoms with Crippen LogP contribution in [0.3, 0.4) is 0 Å². The molecule has 0 aromatic rings. The van der Waals surface area contributed by atoms with Gasteiger partial charge in [-0.1, -0.05) is 0 Å². The summed E-state index contributed by atoms with van der Waals surface area (Å²) in [6.07, 6.45) is -0.415. The van der Waals surface area contributed by atoms with Crippen LogP contribution in [0, 0.1) is 0 Å². The molecule has 0 fully saturated rings. The Balaban J connectivity index is 3.49. The van der Waals surface area contributed by atoms with Crippen LogP contribution < -0.4 is 0 Å². The van der Waals surface area contributed by atoms with Gasteiger partial charge in [-0.15, -0.1) is 0 Å². The Morgan fingerprint density at radius 3 is 2.36 bits per heavy atom. The molecule has 0 aliphatic carbocycles. The average molecular weight is 162 g/mol. The minimum Gasteiger partial charge on any atom is -0.466 e. The molecular formula is C6H10O5. The molecule has 0 N–H and O–H groups in total. The Morgan fingerprint density at radius 2 is 1.91 bits per heavy atom. The molecule has 0 aliphatic heterocycles. The SMILES string of the molecule is CCOC(=O)CC(=O)OOC. The Kier molecular flexibility index (Phi) is 5.10. The van der Waals surface area contributed by atoms with Gasteiger partial charge in [0.25, 0.3) is 0 Å². The zero-order chi connectivity index (χ0) is 8.69. The third kappa shape index (κ3) is 5.35. The molecule has 5 nitrogen and oxygen atoms in total. The monoisotopic (exact) mass is 162 g/mol. The zero-order valence-electron chi connectivity index (χ0n) is 6.46. The third-order valence-electron chi connectivity index (χ3n) is 0.770. The summed E-state index contributed by atoms with van der Waals surface area (Å²) in [6, 6.07) is 0. The van der Waals surface area contributed by atoms with Crippen molar-refractivity contribution in [3.05, 3.63) is 0 Å². The molecule has 5 heteroatoms. The van der Waals surface area contributed by atoms with Gasteiger partial charge in [0.15, 0.2) is 0 Å². The van der Waals surface area contributed by atoms with E-state index >= 15 is 0 Å². The van der Waals surface area contributed by atoms with Gasteiger partial charge in [0.1, 0.15) is 6.42 Å². The number of carbonyl (C=O) groups excluding carboxylic acids is 2. The van der Waals surface area contributed by atoms with Crippen LogP contribution in [0.4, 0.5) is 0 Å². The highest BCUT2D eigenvalue weighted by Gasteiger charge is 2.11. The van der Waals surface area contributed by atoms with Crippen LogP contribution in [-0.2, 0) is 24.1 Å². The maximum atomic E-state index is 10.5. The summed E-state index contributed by atoms with van der Waals surface area (Å²) in [5, 5.41) is 0. The van der Waals surface area contributed by atoms with Gasteiger partial charge in [-0.05, 0) is 6.92 Å². The summed E-state index contributed by atoms with van der Waals surface area (Å²) in [6.45, 7) is 1.90. The molecule has 0 aromatic heterocycles. The van der Waals surface area contributed by atoms with E-state index in [4.69, 9.17) is 0 Å². The molecule has 0 bridgehead atoms. The highest BCUT2D eigenvalue weighted by atomic mass is 17.2. The smallest absolute Gasteiger partial charge is 0.353 e. The van der Waals surface area contributed by atoms with Crippen LogP contribution in [0.2, 0.25) is 0 Å². The molecule has 0 heterocycles. The fraction of sp³-hybridized carbons (Fsp3) is 0.667. The van der Waals surface area contributed by atoms with Gasteiger partial charge < -0.3 is 4.74 Å². The van der Waals surface area contributed by atoms with E-state index < -0.39 is 18.4 Å². The maximum Gasteiger partial charge on any atom is 0.353 e. The van der Waals surface area contributed by atoms with E-state index in [-0.39, 0.29) is 6.61 Å². The first kappa shape index (κ1) is 9.90. The van der Waals surface area contributed by atoms with Gasteiger partial charge in [-0.2, -0.15) is 4.89 Å². The first-order valence-corrected chi connectivity index (χ1v) is 3.09. The Labute approximate surface area is 64.2 Å². The standard InChI is InChI=1S/C6H10O5/c1-3-10-5(7)4-6(8)11-9-2/h3-4H2,1-2H3. The molecular weight excluding hydrogens is 152 g/mol. The van der Waals surface area contributed by atoms with Crippen molar-refractivity contribution >= 4 is 11.9 Å². The molecule has 11 heavy (non-hydrogen) atoms. The number of ether oxygens (including phenoxy) is 1. The van der Waals surface area contributed by atoms with Crippen LogP contribution in [0.5, 0.6) is 0 Å². The van der Waals surface area contributed by atoms with Gasteiger partial charge in [0.2, 0.25) is 0 Å². The molecule has 0 amide bonds. The number of carbonyl (C=O) groups is 2. The molecule has 0 radical (unpaired) electrons. The minimum absolute atomic E-state index is 0.249. The molecule has 64 valence electrons. The van der Waals surface area contributed by atoms with Crippen molar-refractivity contribution in [2.45, 2.75) is 13.3 Å². The number of hydrogen-bond acceptors (Lipinski definition) is 5. The first-order valence-electron chi connectivity index (χ1n) is 3.09. The van der Waals surface area contributed by atoms with E-state index in [1.807, 2.05) is 0 Å². The Morgan fingerprint density at radius 1 is 1.27 bits per heavy atom. The number of rotatable bonds is 4. The minimum atomic E-state index is -0.758. The summed E-state index contributed by atoms with van der Waals surface area (Å²) in [4.78, 5) is 29.1. The summed E-state index contributed by atoms with van der Waals surface area (Å²) in [7, 11) is 1.18. The van der Waals surface area contributed by atoms with Crippen molar-refractivity contribution in [1.29, 1.82) is 0 Å². The van der Waals surface area contributed by atoms with Crippen molar-refractivity contribution in [3.63, 3.8) is 0 Å². The van der Waals surface area contributed by atoms with Gasteiger partial charge >= 0.3 is 11.9 Å².